The van der Waals surface area contributed by atoms with Crippen LogP contribution in [0.4, 0.5) is 13.2 Å². The van der Waals surface area contributed by atoms with Crippen molar-refractivity contribution in [3.63, 3.8) is 0 Å². The normalized spacial score (nSPS) is 26.8. The Morgan fingerprint density at radius 1 is 0.676 bits per heavy atom. The van der Waals surface area contributed by atoms with Crippen LogP contribution >= 0.6 is 15.8 Å². The molecule has 0 amide bonds. The minimum Gasteiger partial charge on any atom is -0.741 e. The van der Waals surface area contributed by atoms with Gasteiger partial charge in [0.1, 0.15) is 0 Å². The fraction of sp³-hybridized carbons (Fsp3) is 0.852. The molecule has 4 atom stereocenters. The second kappa shape index (κ2) is 19.7. The molecule has 2 aliphatic heterocycles. The maximum absolute atomic E-state index is 10.7. The van der Waals surface area contributed by atoms with Crippen molar-refractivity contribution in [2.45, 2.75) is 133 Å². The summed E-state index contributed by atoms with van der Waals surface area (Å²) in [6, 6.07) is 0. The van der Waals surface area contributed by atoms with Crippen LogP contribution in [-0.4, -0.2) is 53.4 Å². The molecule has 1 radical (unpaired) electrons. The summed E-state index contributed by atoms with van der Waals surface area (Å²) in [6.07, 6.45) is 29.7. The van der Waals surface area contributed by atoms with Gasteiger partial charge in [-0.05, 0) is 77.0 Å². The molecule has 0 bridgehead atoms. The van der Waals surface area contributed by atoms with Crippen molar-refractivity contribution >= 4 is 26.0 Å². The van der Waals surface area contributed by atoms with E-state index in [1.165, 1.54) is 74.0 Å². The zero-order chi connectivity index (χ0) is 27.2. The Morgan fingerprint density at radius 3 is 1.05 bits per heavy atom. The molecule has 0 saturated carbocycles. The molecular formula is C27H50F3O3P2RhS+. The van der Waals surface area contributed by atoms with Gasteiger partial charge < -0.3 is 4.55 Å². The Kier molecular flexibility index (Phi) is 20.0. The first-order chi connectivity index (χ1) is 17.0. The van der Waals surface area contributed by atoms with Crippen molar-refractivity contribution in [1.29, 1.82) is 0 Å². The van der Waals surface area contributed by atoms with E-state index in [4.69, 9.17) is 13.0 Å². The number of allylic oxidation sites excluding steroid dienone is 4. The number of hydrogen-bond acceptors (Lipinski definition) is 3. The molecule has 1 aliphatic carbocycles. The molecule has 10 heteroatoms. The predicted octanol–water partition coefficient (Wildman–Crippen LogP) is 8.84. The van der Waals surface area contributed by atoms with Crippen molar-refractivity contribution in [3.05, 3.63) is 24.3 Å². The Morgan fingerprint density at radius 2 is 0.892 bits per heavy atom. The maximum Gasteiger partial charge on any atom is 0.485 e. The molecule has 3 aliphatic rings. The van der Waals surface area contributed by atoms with Crippen LogP contribution in [0.2, 0.25) is 0 Å². The van der Waals surface area contributed by atoms with Crippen LogP contribution in [-0.2, 0) is 29.6 Å². The molecule has 3 nitrogen and oxygen atoms in total. The van der Waals surface area contributed by atoms with Gasteiger partial charge in [0.05, 0.1) is 35.0 Å². The van der Waals surface area contributed by atoms with Crippen LogP contribution in [0.5, 0.6) is 0 Å². The minimum absolute atomic E-state index is 0. The molecule has 0 unspecified atom stereocenters. The topological polar surface area (TPSA) is 57.2 Å². The summed E-state index contributed by atoms with van der Waals surface area (Å²) in [4.78, 5) is 0. The summed E-state index contributed by atoms with van der Waals surface area (Å²) in [6.45, 7) is 9.84. The average molecular weight is 677 g/mol. The molecule has 0 N–H and O–H groups in total. The SMILES string of the molecule is C1=CCCC=CCC1.CC[C@H]1CC[C@H](CC)[PH+]1CC[PH+]1[C@@H](CC)CC[C@@H]1CC.O=S(=O)([O-])C(F)(F)F.[Rh]. The third-order valence-electron chi connectivity index (χ3n) is 8.12. The Labute approximate surface area is 240 Å². The van der Waals surface area contributed by atoms with E-state index in [0.29, 0.717) is 0 Å². The fourth-order valence-corrected chi connectivity index (χ4v) is 15.6. The van der Waals surface area contributed by atoms with Gasteiger partial charge in [-0.1, -0.05) is 52.0 Å². The largest absolute Gasteiger partial charge is 0.741 e. The van der Waals surface area contributed by atoms with Crippen LogP contribution in [0.15, 0.2) is 24.3 Å². The van der Waals surface area contributed by atoms with Gasteiger partial charge >= 0.3 is 5.51 Å². The van der Waals surface area contributed by atoms with Crippen molar-refractivity contribution in [3.8, 4) is 0 Å². The third kappa shape index (κ3) is 13.7. The van der Waals surface area contributed by atoms with Gasteiger partial charge in [-0.15, -0.1) is 0 Å². The molecule has 2 saturated heterocycles. The first-order valence-corrected chi connectivity index (χ1v) is 19.2. The van der Waals surface area contributed by atoms with E-state index in [0.717, 1.165) is 0 Å². The van der Waals surface area contributed by atoms with Gasteiger partial charge in [0.25, 0.3) is 0 Å². The maximum atomic E-state index is 10.7. The second-order valence-electron chi connectivity index (χ2n) is 10.2. The van der Waals surface area contributed by atoms with Crippen LogP contribution in [0.3, 0.4) is 0 Å². The smallest absolute Gasteiger partial charge is 0.485 e. The zero-order valence-corrected chi connectivity index (χ0v) is 27.6. The van der Waals surface area contributed by atoms with Gasteiger partial charge in [-0.3, -0.25) is 0 Å². The molecule has 37 heavy (non-hydrogen) atoms. The van der Waals surface area contributed by atoms with E-state index >= 15 is 0 Å². The monoisotopic (exact) mass is 676 g/mol. The van der Waals surface area contributed by atoms with Crippen LogP contribution in [0.25, 0.3) is 0 Å². The van der Waals surface area contributed by atoms with Gasteiger partial charge in [0.15, 0.2) is 10.1 Å². The molecule has 2 heterocycles. The molecule has 0 aromatic carbocycles. The van der Waals surface area contributed by atoms with Gasteiger partial charge in [0, 0.05) is 35.3 Å². The van der Waals surface area contributed by atoms with Gasteiger partial charge in [-0.25, -0.2) is 8.42 Å². The predicted molar refractivity (Wildman–Crippen MR) is 154 cm³/mol. The third-order valence-corrected chi connectivity index (χ3v) is 17.8. The van der Waals surface area contributed by atoms with Crippen LogP contribution in [0, 0.1) is 0 Å². The van der Waals surface area contributed by atoms with E-state index < -0.39 is 15.6 Å². The quantitative estimate of drug-likeness (QED) is 0.0891. The molecule has 221 valence electrons. The Bertz CT molecular complexity index is 684. The van der Waals surface area contributed by atoms with Gasteiger partial charge in [-0.2, -0.15) is 13.2 Å². The molecule has 3 rings (SSSR count). The van der Waals surface area contributed by atoms with Crippen LogP contribution in [0.1, 0.15) is 105 Å². The molecule has 0 aromatic heterocycles. The summed E-state index contributed by atoms with van der Waals surface area (Å²) < 4.78 is 58.9. The summed E-state index contributed by atoms with van der Waals surface area (Å²) in [5.74, 6) is 0. The summed E-state index contributed by atoms with van der Waals surface area (Å²) in [5, 5.41) is 0. The summed E-state index contributed by atoms with van der Waals surface area (Å²) in [7, 11) is -6.12. The molecule has 0 aromatic rings. The van der Waals surface area contributed by atoms with E-state index in [2.05, 4.69) is 52.0 Å². The van der Waals surface area contributed by atoms with E-state index in [1.807, 2.05) is 0 Å². The standard InChI is InChI=1S/C18H36P2.C8H12.CHF3O3S.Rh/c1-5-15-9-10-16(6-2)19(15)13-14-20-17(7-3)11-12-18(20)8-4;1-2-4-6-8-7-5-3-1;2-1(3,4)8(5,6)7;/h15-18H,5-14H2,1-4H3;1-2,7-8H,3-6H2;(H,5,6,7);/p+1/t15-,16-,17-,18-;;;/m0.../s1. The van der Waals surface area contributed by atoms with Crippen molar-refractivity contribution in [2.24, 2.45) is 0 Å². The molecule has 0 spiro atoms. The summed E-state index contributed by atoms with van der Waals surface area (Å²) in [5.41, 5.74) is -0.945. The number of hydrogen-bond donors (Lipinski definition) is 0. The average Bonchev–Trinajstić information content (AvgIpc) is 3.39. The number of rotatable bonds is 7. The molecule has 2 fully saturated rings. The van der Waals surface area contributed by atoms with Crippen molar-refractivity contribution < 1.29 is 45.6 Å². The fourth-order valence-electron chi connectivity index (χ4n) is 6.04. The first kappa shape index (κ1) is 37.7. The summed E-state index contributed by atoms with van der Waals surface area (Å²) >= 11 is 0. The Hall–Kier alpha value is 0.663. The zero-order valence-electron chi connectivity index (χ0n) is 23.1. The van der Waals surface area contributed by atoms with Crippen molar-refractivity contribution in [2.75, 3.05) is 12.3 Å². The van der Waals surface area contributed by atoms with E-state index in [9.17, 15) is 13.2 Å². The van der Waals surface area contributed by atoms with Crippen LogP contribution < -0.4 is 0 Å². The van der Waals surface area contributed by atoms with E-state index in [-0.39, 0.29) is 35.3 Å². The Balaban J connectivity index is 0.000000631. The molecular weight excluding hydrogens is 626 g/mol. The second-order valence-corrected chi connectivity index (χ2v) is 18.2. The van der Waals surface area contributed by atoms with Crippen molar-refractivity contribution in [1.82, 2.24) is 0 Å². The number of alkyl halides is 3. The van der Waals surface area contributed by atoms with Gasteiger partial charge in [0.2, 0.25) is 0 Å². The number of halogens is 3. The minimum atomic E-state index is -6.09. The van der Waals surface area contributed by atoms with E-state index in [1.54, 1.807) is 38.0 Å². The first-order valence-electron chi connectivity index (χ1n) is 14.0.